The second-order valence-corrected chi connectivity index (χ2v) is 12.1. The van der Waals surface area contributed by atoms with Gasteiger partial charge in [0.1, 0.15) is 6.17 Å². The number of pyridine rings is 1. The van der Waals surface area contributed by atoms with Crippen LogP contribution in [0.2, 0.25) is 0 Å². The average molecular weight is 562 g/mol. The lowest BCUT2D eigenvalue weighted by molar-refractivity contribution is -0.137. The second kappa shape index (κ2) is 13.6. The van der Waals surface area contributed by atoms with E-state index in [1.165, 1.54) is 16.7 Å². The molecule has 2 aromatic carbocycles. The fourth-order valence-corrected chi connectivity index (χ4v) is 5.98. The minimum absolute atomic E-state index is 0.0571. The van der Waals surface area contributed by atoms with Crippen LogP contribution in [0.5, 0.6) is 0 Å². The molecule has 3 aromatic rings. The quantitative estimate of drug-likeness (QED) is 0.267. The zero-order chi connectivity index (χ0) is 29.7. The van der Waals surface area contributed by atoms with Crippen LogP contribution in [0.4, 0.5) is 4.39 Å². The molecule has 1 aromatic heterocycles. The van der Waals surface area contributed by atoms with Crippen molar-refractivity contribution < 1.29 is 14.3 Å². The summed E-state index contributed by atoms with van der Waals surface area (Å²) in [6.07, 6.45) is 2.70. The molecule has 0 bridgehead atoms. The summed E-state index contributed by atoms with van der Waals surface area (Å²) in [4.78, 5) is 27.2. The average Bonchev–Trinajstić information content (AvgIpc) is 2.88. The Balaban J connectivity index is 1.58. The summed E-state index contributed by atoms with van der Waals surface area (Å²) in [6.45, 7) is 12.6. The van der Waals surface area contributed by atoms with Crippen molar-refractivity contribution in [2.75, 3.05) is 26.2 Å². The van der Waals surface area contributed by atoms with Crippen LogP contribution in [0.15, 0.2) is 59.5 Å². The molecule has 1 aliphatic rings. The topological polar surface area (TPSA) is 74.6 Å². The van der Waals surface area contributed by atoms with Crippen LogP contribution >= 0.6 is 0 Å². The van der Waals surface area contributed by atoms with Gasteiger partial charge in [-0.15, -0.1) is 0 Å². The van der Waals surface area contributed by atoms with Crippen molar-refractivity contribution in [1.82, 2.24) is 14.8 Å². The molecule has 0 aliphatic carbocycles. The molecule has 1 unspecified atom stereocenters. The van der Waals surface area contributed by atoms with Gasteiger partial charge in [-0.1, -0.05) is 50.2 Å². The molecule has 0 amide bonds. The first kappa shape index (κ1) is 30.7. The number of benzene rings is 2. The summed E-state index contributed by atoms with van der Waals surface area (Å²) >= 11 is 0. The highest BCUT2D eigenvalue weighted by Crippen LogP contribution is 2.30. The van der Waals surface area contributed by atoms with E-state index < -0.39 is 18.2 Å². The zero-order valence-electron chi connectivity index (χ0n) is 25.0. The van der Waals surface area contributed by atoms with Crippen LogP contribution in [0.25, 0.3) is 11.1 Å². The number of rotatable bonds is 13. The first-order chi connectivity index (χ1) is 19.5. The molecule has 0 spiro atoms. The molecule has 2 N–H and O–H groups in total. The number of aliphatic carboxylic acids is 1. The van der Waals surface area contributed by atoms with Crippen LogP contribution < -0.4 is 10.9 Å². The van der Waals surface area contributed by atoms with E-state index in [1.54, 1.807) is 6.07 Å². The fourth-order valence-electron chi connectivity index (χ4n) is 5.98. The Hall–Kier alpha value is -3.29. The molecule has 7 heteroatoms. The number of alkyl halides is 1. The Labute approximate surface area is 243 Å². The SMILES string of the molecule is Cc1cc(=O)n(C(CN[C@@H](CC(=O)O)c2cccc(-c3c(C)cccc3C)c2)CC(C)C)cc1CCN1CC(F)C1. The van der Waals surface area contributed by atoms with Gasteiger partial charge in [0.25, 0.3) is 5.56 Å². The first-order valence-corrected chi connectivity index (χ1v) is 14.7. The Morgan fingerprint density at radius 2 is 1.73 bits per heavy atom. The number of aryl methyl sites for hydroxylation is 3. The molecule has 0 radical (unpaired) electrons. The Morgan fingerprint density at radius 3 is 2.37 bits per heavy atom. The molecule has 1 saturated heterocycles. The van der Waals surface area contributed by atoms with Gasteiger partial charge < -0.3 is 15.0 Å². The Morgan fingerprint density at radius 1 is 1.05 bits per heavy atom. The van der Waals surface area contributed by atoms with Gasteiger partial charge in [0, 0.05) is 50.5 Å². The van der Waals surface area contributed by atoms with Gasteiger partial charge in [0.2, 0.25) is 0 Å². The minimum atomic E-state index is -0.878. The molecular formula is C34H44FN3O3. The lowest BCUT2D eigenvalue weighted by Gasteiger charge is -2.34. The molecule has 6 nitrogen and oxygen atoms in total. The number of carboxylic acid groups (broad SMARTS) is 1. The third-order valence-corrected chi connectivity index (χ3v) is 8.18. The van der Waals surface area contributed by atoms with E-state index in [4.69, 9.17) is 0 Å². The van der Waals surface area contributed by atoms with Crippen LogP contribution in [0.3, 0.4) is 0 Å². The molecule has 1 aliphatic heterocycles. The maximum atomic E-state index is 13.3. The van der Waals surface area contributed by atoms with E-state index in [2.05, 4.69) is 62.2 Å². The molecule has 2 atom stereocenters. The van der Waals surface area contributed by atoms with Crippen LogP contribution in [-0.4, -0.2) is 52.9 Å². The number of carboxylic acids is 1. The maximum absolute atomic E-state index is 13.3. The monoisotopic (exact) mass is 561 g/mol. The molecule has 4 rings (SSSR count). The summed E-state index contributed by atoms with van der Waals surface area (Å²) in [7, 11) is 0. The van der Waals surface area contributed by atoms with E-state index in [0.29, 0.717) is 25.6 Å². The number of likely N-dealkylation sites (tertiary alicyclic amines) is 1. The maximum Gasteiger partial charge on any atom is 0.305 e. The highest BCUT2D eigenvalue weighted by atomic mass is 19.1. The van der Waals surface area contributed by atoms with Gasteiger partial charge in [0.15, 0.2) is 0 Å². The highest BCUT2D eigenvalue weighted by Gasteiger charge is 2.26. The molecule has 220 valence electrons. The fraction of sp³-hybridized carbons (Fsp3) is 0.471. The Kier molecular flexibility index (Phi) is 10.2. The number of hydrogen-bond acceptors (Lipinski definition) is 4. The van der Waals surface area contributed by atoms with Gasteiger partial charge in [-0.2, -0.15) is 0 Å². The minimum Gasteiger partial charge on any atom is -0.481 e. The van der Waals surface area contributed by atoms with Gasteiger partial charge in [-0.25, -0.2) is 4.39 Å². The smallest absolute Gasteiger partial charge is 0.305 e. The standard InChI is InChI=1S/C34H44FN3O3/c1-22(2)14-30(38-19-28(25(5)15-32(38)39)12-13-37-20-29(35)21-37)18-36-31(17-33(40)41)26-10-7-11-27(16-26)34-23(3)8-6-9-24(34)4/h6-11,15-16,19,22,29-31,36H,12-14,17-18,20-21H2,1-5H3,(H,40,41)/t30?,31-/m0/s1. The predicted octanol–water partition coefficient (Wildman–Crippen LogP) is 6.03. The van der Waals surface area contributed by atoms with Crippen LogP contribution in [0, 0.1) is 26.7 Å². The first-order valence-electron chi connectivity index (χ1n) is 14.7. The normalized spacial score (nSPS) is 15.6. The van der Waals surface area contributed by atoms with Crippen LogP contribution in [0.1, 0.15) is 66.6 Å². The number of hydrogen-bond donors (Lipinski definition) is 2. The molecule has 0 saturated carbocycles. The van der Waals surface area contributed by atoms with Crippen LogP contribution in [-0.2, 0) is 11.2 Å². The summed E-state index contributed by atoms with van der Waals surface area (Å²) < 4.78 is 15.1. The van der Waals surface area contributed by atoms with E-state index in [-0.39, 0.29) is 18.0 Å². The number of nitrogens with one attached hydrogen (secondary N) is 1. The molecule has 41 heavy (non-hydrogen) atoms. The zero-order valence-corrected chi connectivity index (χ0v) is 25.0. The lowest BCUT2D eigenvalue weighted by atomic mass is 9.92. The molecule has 1 fully saturated rings. The van der Waals surface area contributed by atoms with Gasteiger partial charge in [-0.3, -0.25) is 14.5 Å². The summed E-state index contributed by atoms with van der Waals surface area (Å²) in [6, 6.07) is 15.5. The molecular weight excluding hydrogens is 517 g/mol. The Bertz CT molecular complexity index is 1390. The van der Waals surface area contributed by atoms with Gasteiger partial charge >= 0.3 is 5.97 Å². The van der Waals surface area contributed by atoms with Gasteiger partial charge in [0.05, 0.1) is 6.42 Å². The van der Waals surface area contributed by atoms with Crippen molar-refractivity contribution >= 4 is 5.97 Å². The number of nitrogens with zero attached hydrogens (tertiary/aromatic N) is 2. The van der Waals surface area contributed by atoms with Crippen molar-refractivity contribution in [3.63, 3.8) is 0 Å². The number of aromatic nitrogens is 1. The van der Waals surface area contributed by atoms with E-state index in [1.807, 2.05) is 35.9 Å². The predicted molar refractivity (Wildman–Crippen MR) is 163 cm³/mol. The van der Waals surface area contributed by atoms with Crippen molar-refractivity contribution in [2.24, 2.45) is 5.92 Å². The third-order valence-electron chi connectivity index (χ3n) is 8.18. The summed E-state index contributed by atoms with van der Waals surface area (Å²) in [5, 5.41) is 13.3. The van der Waals surface area contributed by atoms with E-state index in [9.17, 15) is 19.1 Å². The van der Waals surface area contributed by atoms with Crippen molar-refractivity contribution in [3.8, 4) is 11.1 Å². The van der Waals surface area contributed by atoms with E-state index in [0.717, 1.165) is 41.6 Å². The lowest BCUT2D eigenvalue weighted by Crippen LogP contribution is -2.49. The van der Waals surface area contributed by atoms with Gasteiger partial charge in [-0.05, 0) is 84.5 Å². The van der Waals surface area contributed by atoms with Crippen molar-refractivity contribution in [2.45, 2.75) is 72.1 Å². The third kappa shape index (κ3) is 7.92. The number of carbonyl (C=O) groups is 1. The van der Waals surface area contributed by atoms with E-state index >= 15 is 0 Å². The highest BCUT2D eigenvalue weighted by molar-refractivity contribution is 5.72. The summed E-state index contributed by atoms with van der Waals surface area (Å²) in [5.74, 6) is -0.539. The summed E-state index contributed by atoms with van der Waals surface area (Å²) in [5.41, 5.74) is 7.47. The largest absolute Gasteiger partial charge is 0.481 e. The molecule has 2 heterocycles. The number of halogens is 1. The second-order valence-electron chi connectivity index (χ2n) is 12.1. The van der Waals surface area contributed by atoms with Crippen molar-refractivity contribution in [3.05, 3.63) is 92.9 Å². The van der Waals surface area contributed by atoms with Crippen molar-refractivity contribution in [1.29, 1.82) is 0 Å².